The van der Waals surface area contributed by atoms with E-state index >= 15 is 0 Å². The van der Waals surface area contributed by atoms with Gasteiger partial charge >= 0.3 is 0 Å². The molecule has 2 heterocycles. The Morgan fingerprint density at radius 1 is 1.39 bits per heavy atom. The first kappa shape index (κ1) is 20.7. The van der Waals surface area contributed by atoms with Crippen LogP contribution in [-0.2, 0) is 15.6 Å². The number of nitrogens with zero attached hydrogens (tertiary/aromatic N) is 4. The highest BCUT2D eigenvalue weighted by Gasteiger charge is 2.56. The molecule has 11 heteroatoms. The van der Waals surface area contributed by atoms with Gasteiger partial charge in [-0.1, -0.05) is 6.07 Å². The highest BCUT2D eigenvalue weighted by atomic mass is 32.2. The number of fused-ring (bicyclic) bond motifs is 1. The Balaban J connectivity index is 1.73. The van der Waals surface area contributed by atoms with E-state index in [0.717, 1.165) is 4.31 Å². The van der Waals surface area contributed by atoms with Crippen molar-refractivity contribution in [2.24, 2.45) is 10.7 Å². The Labute approximate surface area is 178 Å². The molecule has 1 aromatic heterocycles. The number of nitrogens with two attached hydrogens (primary N) is 1. The molecular weight excluding hydrogens is 423 g/mol. The number of aromatic nitrogens is 1. The Morgan fingerprint density at radius 2 is 2.16 bits per heavy atom. The molecule has 1 aliphatic carbocycles. The Bertz CT molecular complexity index is 1240. The van der Waals surface area contributed by atoms with Crippen molar-refractivity contribution in [2.75, 3.05) is 12.4 Å². The van der Waals surface area contributed by atoms with E-state index in [1.54, 1.807) is 0 Å². The average molecular weight is 442 g/mol. The van der Waals surface area contributed by atoms with E-state index in [4.69, 9.17) is 12.3 Å². The van der Waals surface area contributed by atoms with Crippen LogP contribution < -0.4 is 11.1 Å². The van der Waals surface area contributed by atoms with Gasteiger partial charge in [-0.15, -0.1) is 0 Å². The highest BCUT2D eigenvalue weighted by Crippen LogP contribution is 2.49. The van der Waals surface area contributed by atoms with Gasteiger partial charge in [0, 0.05) is 24.5 Å². The lowest BCUT2D eigenvalue weighted by molar-refractivity contribution is 0.102. The number of guanidine groups is 1. The summed E-state index contributed by atoms with van der Waals surface area (Å²) in [6.45, 7) is 6.94. The molecule has 0 saturated heterocycles. The summed E-state index contributed by atoms with van der Waals surface area (Å²) < 4.78 is 41.7. The van der Waals surface area contributed by atoms with Crippen LogP contribution in [0.2, 0.25) is 0 Å². The van der Waals surface area contributed by atoms with Gasteiger partial charge in [-0.05, 0) is 43.5 Å². The molecule has 1 aliphatic heterocycles. The number of anilines is 1. The molecule has 1 fully saturated rings. The number of hydrogen-bond donors (Lipinski definition) is 2. The molecule has 0 spiro atoms. The summed E-state index contributed by atoms with van der Waals surface area (Å²) in [6, 6.07) is 6.82. The molecule has 31 heavy (non-hydrogen) atoms. The van der Waals surface area contributed by atoms with Crippen LogP contribution in [0.5, 0.6) is 0 Å². The molecule has 1 saturated carbocycles. The number of carbonyl (C=O) groups excluding carboxylic acids is 1. The SMILES string of the molecule is [C-]#[N+]c1ccc(C(=O)Nc2ccc(F)c([C@]34CCC[C@H]3S(=O)(=O)N(C)C(N)=N4)c2)nc1. The van der Waals surface area contributed by atoms with Crippen LogP contribution in [0, 0.1) is 12.4 Å². The minimum atomic E-state index is -3.81. The van der Waals surface area contributed by atoms with Crippen molar-refractivity contribution in [1.82, 2.24) is 9.29 Å². The number of amides is 1. The lowest BCUT2D eigenvalue weighted by atomic mass is 9.87. The third-order valence-electron chi connectivity index (χ3n) is 5.74. The molecular formula is C20H19FN6O3S. The predicted octanol–water partition coefficient (Wildman–Crippen LogP) is 2.36. The predicted molar refractivity (Wildman–Crippen MR) is 112 cm³/mol. The summed E-state index contributed by atoms with van der Waals surface area (Å²) in [4.78, 5) is 24.1. The fourth-order valence-corrected chi connectivity index (χ4v) is 6.10. The molecule has 9 nitrogen and oxygen atoms in total. The lowest BCUT2D eigenvalue weighted by Gasteiger charge is -2.39. The number of benzene rings is 1. The minimum absolute atomic E-state index is 0.0729. The van der Waals surface area contributed by atoms with Crippen LogP contribution in [0.1, 0.15) is 35.3 Å². The van der Waals surface area contributed by atoms with E-state index in [0.29, 0.717) is 24.9 Å². The first-order chi connectivity index (χ1) is 14.7. The van der Waals surface area contributed by atoms with Crippen molar-refractivity contribution in [3.8, 4) is 0 Å². The zero-order valence-electron chi connectivity index (χ0n) is 16.5. The normalized spacial score (nSPS) is 24.1. The summed E-state index contributed by atoms with van der Waals surface area (Å²) in [7, 11) is -2.48. The van der Waals surface area contributed by atoms with E-state index in [1.807, 2.05) is 0 Å². The van der Waals surface area contributed by atoms with Gasteiger partial charge < -0.3 is 11.1 Å². The molecule has 4 rings (SSSR count). The Morgan fingerprint density at radius 3 is 2.84 bits per heavy atom. The molecule has 2 aromatic rings. The van der Waals surface area contributed by atoms with Crippen molar-refractivity contribution in [3.63, 3.8) is 0 Å². The van der Waals surface area contributed by atoms with E-state index in [9.17, 15) is 17.6 Å². The minimum Gasteiger partial charge on any atom is -0.369 e. The van der Waals surface area contributed by atoms with Gasteiger partial charge in [0.05, 0.1) is 6.57 Å². The van der Waals surface area contributed by atoms with Gasteiger partial charge in [-0.2, -0.15) is 0 Å². The van der Waals surface area contributed by atoms with Gasteiger partial charge in [-0.25, -0.2) is 27.0 Å². The van der Waals surface area contributed by atoms with Gasteiger partial charge in [-0.3, -0.25) is 9.78 Å². The fourth-order valence-electron chi connectivity index (χ4n) is 4.16. The highest BCUT2D eigenvalue weighted by molar-refractivity contribution is 7.90. The third-order valence-corrected chi connectivity index (χ3v) is 8.03. The van der Waals surface area contributed by atoms with Crippen molar-refractivity contribution in [3.05, 3.63) is 65.0 Å². The van der Waals surface area contributed by atoms with Crippen LogP contribution in [0.15, 0.2) is 41.5 Å². The first-order valence-corrected chi connectivity index (χ1v) is 11.0. The Kier molecular flexibility index (Phi) is 4.89. The number of hydrogen-bond acceptors (Lipinski definition) is 6. The topological polar surface area (TPSA) is 122 Å². The van der Waals surface area contributed by atoms with Crippen LogP contribution in [0.25, 0.3) is 4.85 Å². The second-order valence-corrected chi connectivity index (χ2v) is 9.60. The molecule has 1 aromatic carbocycles. The van der Waals surface area contributed by atoms with Crippen molar-refractivity contribution in [1.29, 1.82) is 0 Å². The zero-order valence-corrected chi connectivity index (χ0v) is 17.4. The quantitative estimate of drug-likeness (QED) is 0.707. The van der Waals surface area contributed by atoms with Gasteiger partial charge in [0.2, 0.25) is 21.7 Å². The second kappa shape index (κ2) is 7.31. The van der Waals surface area contributed by atoms with Crippen molar-refractivity contribution < 1.29 is 17.6 Å². The Hall–Kier alpha value is -3.52. The largest absolute Gasteiger partial charge is 0.369 e. The summed E-state index contributed by atoms with van der Waals surface area (Å²) in [5, 5.41) is 1.69. The summed E-state index contributed by atoms with van der Waals surface area (Å²) >= 11 is 0. The number of halogens is 1. The standard InChI is InChI=1S/C20H19FN6O3S/c1-23-13-6-8-16(24-11-13)18(28)25-12-5-7-15(21)14(10-12)20-9-3-4-17(20)31(29,30)27(2)19(22)26-20/h5-8,10-11,17H,3-4,9H2,2H3,(H2,22,26)(H,25,28)/t17-,20-/m1/s1. The smallest absolute Gasteiger partial charge is 0.274 e. The summed E-state index contributed by atoms with van der Waals surface area (Å²) in [6.07, 6.45) is 2.47. The van der Waals surface area contributed by atoms with Crippen LogP contribution >= 0.6 is 0 Å². The van der Waals surface area contributed by atoms with E-state index in [2.05, 4.69) is 20.1 Å². The molecule has 2 atom stereocenters. The molecule has 2 aliphatic rings. The van der Waals surface area contributed by atoms with Crippen molar-refractivity contribution >= 4 is 33.3 Å². The molecule has 160 valence electrons. The number of nitrogens with one attached hydrogen (secondary N) is 1. The van der Waals surface area contributed by atoms with Crippen LogP contribution in [0.3, 0.4) is 0 Å². The summed E-state index contributed by atoms with van der Waals surface area (Å²) in [5.74, 6) is -1.37. The molecule has 3 N–H and O–H groups in total. The fraction of sp³-hybridized carbons (Fsp3) is 0.300. The number of carbonyl (C=O) groups is 1. The van der Waals surface area contributed by atoms with E-state index < -0.39 is 32.5 Å². The first-order valence-electron chi connectivity index (χ1n) is 9.47. The molecule has 1 amide bonds. The zero-order chi connectivity index (χ0) is 22.4. The maximum atomic E-state index is 14.9. The molecule has 0 bridgehead atoms. The third kappa shape index (κ3) is 3.29. The maximum absolute atomic E-state index is 14.9. The van der Waals surface area contributed by atoms with Gasteiger partial charge in [0.25, 0.3) is 5.91 Å². The molecule has 0 radical (unpaired) electrons. The monoisotopic (exact) mass is 442 g/mol. The number of aliphatic imine (C=N–C) groups is 1. The van der Waals surface area contributed by atoms with Gasteiger partial charge in [0.1, 0.15) is 22.3 Å². The number of sulfonamides is 1. The number of pyridine rings is 1. The van der Waals surface area contributed by atoms with E-state index in [1.165, 1.54) is 43.6 Å². The van der Waals surface area contributed by atoms with Gasteiger partial charge in [0.15, 0.2) is 0 Å². The average Bonchev–Trinajstić information content (AvgIpc) is 3.19. The lowest BCUT2D eigenvalue weighted by Crippen LogP contribution is -2.55. The second-order valence-electron chi connectivity index (χ2n) is 7.45. The summed E-state index contributed by atoms with van der Waals surface area (Å²) in [5.41, 5.74) is 5.24. The maximum Gasteiger partial charge on any atom is 0.274 e. The number of rotatable bonds is 3. The van der Waals surface area contributed by atoms with Crippen LogP contribution in [-0.4, -0.2) is 41.9 Å². The molecule has 0 unspecified atom stereocenters. The van der Waals surface area contributed by atoms with Crippen LogP contribution in [0.4, 0.5) is 15.8 Å². The van der Waals surface area contributed by atoms with E-state index in [-0.39, 0.29) is 22.9 Å². The van der Waals surface area contributed by atoms with Crippen molar-refractivity contribution in [2.45, 2.75) is 30.1 Å².